The van der Waals surface area contributed by atoms with Gasteiger partial charge in [-0.3, -0.25) is 14.2 Å². The molecule has 0 aromatic carbocycles. The summed E-state index contributed by atoms with van der Waals surface area (Å²) in [6, 6.07) is 0.156. The minimum atomic E-state index is -5.81. The van der Waals surface area contributed by atoms with Gasteiger partial charge in [0.1, 0.15) is 23.8 Å². The van der Waals surface area contributed by atoms with Gasteiger partial charge >= 0.3 is 96.5 Å². The predicted octanol–water partition coefficient (Wildman–Crippen LogP) is -13.0. The van der Waals surface area contributed by atoms with Gasteiger partial charge in [-0.2, -0.15) is 0 Å². The molecule has 2 rings (SSSR count). The van der Waals surface area contributed by atoms with E-state index in [4.69, 9.17) is 15.0 Å². The Labute approximate surface area is 224 Å². The van der Waals surface area contributed by atoms with Gasteiger partial charge in [0.05, 0.1) is 20.4 Å². The van der Waals surface area contributed by atoms with Gasteiger partial charge in [0.15, 0.2) is 6.23 Å². The van der Waals surface area contributed by atoms with Crippen LogP contribution in [0.2, 0.25) is 0 Å². The van der Waals surface area contributed by atoms with Crippen LogP contribution in [0.15, 0.2) is 12.3 Å². The molecule has 0 radical (unpaired) electrons. The summed E-state index contributed by atoms with van der Waals surface area (Å²) in [5.41, 5.74) is -0.341. The first-order chi connectivity index (χ1) is 11.4. The molecule has 0 saturated carbocycles. The van der Waals surface area contributed by atoms with E-state index in [1.54, 1.807) is 0 Å². The Morgan fingerprint density at radius 3 is 2.32 bits per heavy atom. The van der Waals surface area contributed by atoms with E-state index in [9.17, 15) is 34.2 Å². The Hall–Kier alpha value is 1.82. The van der Waals surface area contributed by atoms with Gasteiger partial charge in [0, 0.05) is 6.20 Å². The third-order valence-corrected chi connectivity index (χ3v) is 5.15. The molecule has 1 aliphatic heterocycles. The van der Waals surface area contributed by atoms with Crippen LogP contribution in [0.25, 0.3) is 0 Å². The monoisotopic (exact) mass is 469 g/mol. The molecule has 142 valence electrons. The number of nitrogens with one attached hydrogen (secondary N) is 1. The van der Waals surface area contributed by atoms with Crippen LogP contribution in [0.5, 0.6) is 6.01 Å². The molecule has 1 fully saturated rings. The molecule has 1 unspecified atom stereocenters. The molecule has 5 atom stereocenters. The van der Waals surface area contributed by atoms with Crippen LogP contribution in [-0.2, 0) is 22.7 Å². The second kappa shape index (κ2) is 12.8. The molecule has 1 aromatic rings. The number of aliphatic hydroxyl groups is 2. The maximum absolute atomic E-state index is 11.7. The van der Waals surface area contributed by atoms with E-state index in [1.807, 2.05) is 0 Å². The van der Waals surface area contributed by atoms with Crippen LogP contribution < -0.4 is 109 Å². The van der Waals surface area contributed by atoms with Crippen molar-refractivity contribution in [3.05, 3.63) is 17.8 Å². The predicted molar refractivity (Wildman–Crippen MR) is 67.9 cm³/mol. The van der Waals surface area contributed by atoms with Crippen LogP contribution in [0, 0.1) is 5.41 Å². The standard InChI is InChI=1S/C9H15N3O11P2.3Na/c10-5-1-2-12(9(15)11-5)8-7(14)6(13)4(22-8)3-21-25(19,20)23-24(16,17)18;;;/h1-2,4,6-8,13-14H,3H2,(H,19,20)(H2,10,11,15)(H2,16,17,18);;;/q;3*+1/p-3/t4-,6-,7-,8-;;;/m1.../s1. The SMILES string of the molecule is N=c1ccn([C@@H]2O[C@H](COP(=O)(O)OP(=O)([O-])[O-])[C@@H](O)[C@H]2O)c([O-])n1.[Na+].[Na+].[Na+]. The molecule has 1 saturated heterocycles. The zero-order chi connectivity index (χ0) is 19.0. The van der Waals surface area contributed by atoms with Crippen molar-refractivity contribution < 1.29 is 141 Å². The summed E-state index contributed by atoms with van der Waals surface area (Å²) in [4.78, 5) is 33.0. The molecule has 1 aromatic heterocycles. The molecule has 4 N–H and O–H groups in total. The zero-order valence-corrected chi connectivity index (χ0v) is 22.9. The van der Waals surface area contributed by atoms with Crippen LogP contribution in [0.3, 0.4) is 0 Å². The molecule has 0 bridgehead atoms. The quantitative estimate of drug-likeness (QED) is 0.225. The molecule has 14 nitrogen and oxygen atoms in total. The first kappa shape index (κ1) is 32.0. The minimum absolute atomic E-state index is 0. The Morgan fingerprint density at radius 2 is 1.82 bits per heavy atom. The van der Waals surface area contributed by atoms with Crippen molar-refractivity contribution in [2.45, 2.75) is 24.5 Å². The second-order valence-electron chi connectivity index (χ2n) is 4.84. The average Bonchev–Trinajstić information content (AvgIpc) is 2.71. The van der Waals surface area contributed by atoms with Gasteiger partial charge in [-0.25, -0.2) is 9.55 Å². The number of ether oxygens (including phenoxy) is 1. The van der Waals surface area contributed by atoms with Crippen LogP contribution >= 0.6 is 15.6 Å². The molecule has 2 heterocycles. The Morgan fingerprint density at radius 1 is 1.25 bits per heavy atom. The summed E-state index contributed by atoms with van der Waals surface area (Å²) in [6.45, 7) is -0.943. The summed E-state index contributed by atoms with van der Waals surface area (Å²) in [5.74, 6) is 0. The molecule has 28 heavy (non-hydrogen) atoms. The number of hydrogen-bond donors (Lipinski definition) is 4. The van der Waals surface area contributed by atoms with Gasteiger partial charge in [0.2, 0.25) is 0 Å². The Bertz CT molecular complexity index is 792. The van der Waals surface area contributed by atoms with E-state index in [-0.39, 0.29) is 94.2 Å². The van der Waals surface area contributed by atoms with E-state index in [0.717, 1.165) is 16.8 Å². The number of nitrogens with zero attached hydrogens (tertiary/aromatic N) is 2. The van der Waals surface area contributed by atoms with E-state index >= 15 is 0 Å². The fourth-order valence-electron chi connectivity index (χ4n) is 2.02. The average molecular weight is 469 g/mol. The van der Waals surface area contributed by atoms with Crippen molar-refractivity contribution in [1.29, 1.82) is 5.41 Å². The van der Waals surface area contributed by atoms with Crippen molar-refractivity contribution in [3.8, 4) is 6.01 Å². The third kappa shape index (κ3) is 9.13. The number of aromatic nitrogens is 2. The van der Waals surface area contributed by atoms with Crippen molar-refractivity contribution in [2.24, 2.45) is 0 Å². The van der Waals surface area contributed by atoms with Crippen molar-refractivity contribution >= 4 is 15.6 Å². The number of hydrogen-bond acceptors (Lipinski definition) is 12. The van der Waals surface area contributed by atoms with E-state index in [1.165, 1.54) is 0 Å². The van der Waals surface area contributed by atoms with Crippen LogP contribution in [0.4, 0.5) is 0 Å². The summed E-state index contributed by atoms with van der Waals surface area (Å²) in [7, 11) is -11.1. The van der Waals surface area contributed by atoms with Crippen molar-refractivity contribution in [2.75, 3.05) is 6.61 Å². The normalized spacial score (nSPS) is 26.3. The molecular formula is C9H12N3Na3O11P2. The molecule has 1 aliphatic rings. The largest absolute Gasteiger partial charge is 1.00 e. The fraction of sp³-hybridized carbons (Fsp3) is 0.556. The van der Waals surface area contributed by atoms with E-state index in [2.05, 4.69) is 13.8 Å². The maximum atomic E-state index is 11.7. The summed E-state index contributed by atoms with van der Waals surface area (Å²) in [6.07, 6.45) is -5.21. The molecule has 0 amide bonds. The Kier molecular flexibility index (Phi) is 14.6. The van der Waals surface area contributed by atoms with Crippen molar-refractivity contribution in [1.82, 2.24) is 9.55 Å². The molecule has 19 heteroatoms. The van der Waals surface area contributed by atoms with Gasteiger partial charge in [-0.15, -0.1) is 0 Å². The third-order valence-electron chi connectivity index (χ3n) is 3.05. The Balaban J connectivity index is 0. The van der Waals surface area contributed by atoms with E-state index < -0.39 is 52.8 Å². The topological polar surface area (TPSA) is 233 Å². The minimum Gasteiger partial charge on any atom is -0.846 e. The number of aliphatic hydroxyl groups excluding tert-OH is 2. The zero-order valence-electron chi connectivity index (χ0n) is 15.1. The molecule has 0 spiro atoms. The van der Waals surface area contributed by atoms with Gasteiger partial charge < -0.3 is 43.9 Å². The second-order valence-corrected chi connectivity index (χ2v) is 7.59. The maximum Gasteiger partial charge on any atom is 1.00 e. The summed E-state index contributed by atoms with van der Waals surface area (Å²) in [5, 5.41) is 38.6. The summed E-state index contributed by atoms with van der Waals surface area (Å²) >= 11 is 0. The number of phosphoric ester groups is 1. The molecule has 0 aliphatic carbocycles. The number of rotatable bonds is 6. The van der Waals surface area contributed by atoms with E-state index in [0.29, 0.717) is 0 Å². The fourth-order valence-corrected chi connectivity index (χ4v) is 3.56. The molecular weight excluding hydrogens is 457 g/mol. The van der Waals surface area contributed by atoms with Gasteiger partial charge in [-0.1, -0.05) is 0 Å². The van der Waals surface area contributed by atoms with Gasteiger partial charge in [-0.05, 0) is 6.07 Å². The van der Waals surface area contributed by atoms with Crippen molar-refractivity contribution in [3.63, 3.8) is 0 Å². The number of phosphoric acid groups is 2. The smallest absolute Gasteiger partial charge is 0.846 e. The summed E-state index contributed by atoms with van der Waals surface area (Å²) < 4.78 is 35.1. The first-order valence-electron chi connectivity index (χ1n) is 6.43. The van der Waals surface area contributed by atoms with Crippen LogP contribution in [-0.4, -0.2) is 49.6 Å². The van der Waals surface area contributed by atoms with Gasteiger partial charge in [0.25, 0.3) is 0 Å². The first-order valence-corrected chi connectivity index (χ1v) is 9.38. The van der Waals surface area contributed by atoms with Crippen LogP contribution in [0.1, 0.15) is 6.23 Å².